The third kappa shape index (κ3) is 6.18. The van der Waals surface area contributed by atoms with Gasteiger partial charge in [-0.1, -0.05) is 17.2 Å². The molecule has 0 aromatic heterocycles. The van der Waals surface area contributed by atoms with Gasteiger partial charge in [0.15, 0.2) is 0 Å². The lowest BCUT2D eigenvalue weighted by Gasteiger charge is -2.04. The number of ether oxygens (including phenoxy) is 1. The number of non-ortho nitro benzene ring substituents is 1. The Balaban J connectivity index is 2.39. The predicted octanol–water partition coefficient (Wildman–Crippen LogP) is 4.67. The Hall–Kier alpha value is -2.10. The number of benzene rings is 1. The Morgan fingerprint density at radius 2 is 1.85 bits per heavy atom. The minimum absolute atomic E-state index is 0.0748. The van der Waals surface area contributed by atoms with E-state index >= 15 is 0 Å². The lowest BCUT2D eigenvalue weighted by Crippen LogP contribution is -1.95. The van der Waals surface area contributed by atoms with Crippen LogP contribution in [0.1, 0.15) is 33.6 Å². The predicted molar refractivity (Wildman–Crippen MR) is 81.0 cm³/mol. The fraction of sp³-hybridized carbons (Fsp3) is 0.375. The first-order valence-corrected chi connectivity index (χ1v) is 6.65. The average Bonchev–Trinajstić information content (AvgIpc) is 2.39. The summed E-state index contributed by atoms with van der Waals surface area (Å²) in [6, 6.07) is 6.12. The SMILES string of the molecule is CC(C)=CCCC(C)=CCOc1ccc([N+](=O)[O-])cc1. The van der Waals surface area contributed by atoms with Gasteiger partial charge in [-0.25, -0.2) is 0 Å². The van der Waals surface area contributed by atoms with Crippen molar-refractivity contribution in [3.8, 4) is 5.75 Å². The molecule has 0 bridgehead atoms. The zero-order valence-corrected chi connectivity index (χ0v) is 12.3. The van der Waals surface area contributed by atoms with Gasteiger partial charge in [0.05, 0.1) is 4.92 Å². The normalized spacial score (nSPS) is 11.1. The fourth-order valence-electron chi connectivity index (χ4n) is 1.63. The zero-order valence-electron chi connectivity index (χ0n) is 12.3. The largest absolute Gasteiger partial charge is 0.490 e. The number of hydrogen-bond donors (Lipinski definition) is 0. The van der Waals surface area contributed by atoms with Crippen molar-refractivity contribution in [1.29, 1.82) is 0 Å². The van der Waals surface area contributed by atoms with Crippen LogP contribution in [0, 0.1) is 10.1 Å². The molecule has 0 atom stereocenters. The van der Waals surface area contributed by atoms with Crippen LogP contribution in [-0.2, 0) is 0 Å². The molecule has 1 rings (SSSR count). The van der Waals surface area contributed by atoms with Gasteiger partial charge in [0.1, 0.15) is 12.4 Å². The van der Waals surface area contributed by atoms with E-state index in [0.29, 0.717) is 12.4 Å². The van der Waals surface area contributed by atoms with Crippen molar-refractivity contribution < 1.29 is 9.66 Å². The summed E-state index contributed by atoms with van der Waals surface area (Å²) in [6.45, 7) is 6.75. The minimum Gasteiger partial charge on any atom is -0.490 e. The standard InChI is InChI=1S/C16H21NO3/c1-13(2)5-4-6-14(3)11-12-20-16-9-7-15(8-10-16)17(18)19/h5,7-11H,4,6,12H2,1-3H3. The molecule has 0 unspecified atom stereocenters. The topological polar surface area (TPSA) is 52.4 Å². The third-order valence-corrected chi connectivity index (χ3v) is 2.82. The zero-order chi connectivity index (χ0) is 15.0. The molecule has 1 aromatic carbocycles. The summed E-state index contributed by atoms with van der Waals surface area (Å²) in [5.74, 6) is 0.643. The Bertz CT molecular complexity index is 497. The van der Waals surface area contributed by atoms with E-state index in [2.05, 4.69) is 26.8 Å². The van der Waals surface area contributed by atoms with E-state index in [1.807, 2.05) is 6.08 Å². The van der Waals surface area contributed by atoms with E-state index in [9.17, 15) is 10.1 Å². The quantitative estimate of drug-likeness (QED) is 0.413. The van der Waals surface area contributed by atoms with Crippen molar-refractivity contribution in [2.45, 2.75) is 33.6 Å². The second-order valence-electron chi connectivity index (χ2n) is 4.93. The molecular weight excluding hydrogens is 254 g/mol. The fourth-order valence-corrected chi connectivity index (χ4v) is 1.63. The molecule has 0 aliphatic heterocycles. The first kappa shape index (κ1) is 16.0. The first-order chi connectivity index (χ1) is 9.49. The highest BCUT2D eigenvalue weighted by atomic mass is 16.6. The summed E-state index contributed by atoms with van der Waals surface area (Å²) >= 11 is 0. The van der Waals surface area contributed by atoms with Crippen LogP contribution in [0.25, 0.3) is 0 Å². The minimum atomic E-state index is -0.420. The van der Waals surface area contributed by atoms with Crippen LogP contribution in [0.15, 0.2) is 47.6 Å². The number of nitro groups is 1. The number of nitro benzene ring substituents is 1. The molecule has 4 nitrogen and oxygen atoms in total. The lowest BCUT2D eigenvalue weighted by molar-refractivity contribution is -0.384. The molecule has 108 valence electrons. The van der Waals surface area contributed by atoms with Crippen molar-refractivity contribution in [2.24, 2.45) is 0 Å². The van der Waals surface area contributed by atoms with Crippen LogP contribution in [0.5, 0.6) is 5.75 Å². The summed E-state index contributed by atoms with van der Waals surface area (Å²) in [5, 5.41) is 10.5. The van der Waals surface area contributed by atoms with Gasteiger partial charge in [-0.2, -0.15) is 0 Å². The van der Waals surface area contributed by atoms with Crippen LogP contribution in [0.4, 0.5) is 5.69 Å². The molecule has 0 aliphatic rings. The molecule has 0 saturated heterocycles. The molecule has 20 heavy (non-hydrogen) atoms. The average molecular weight is 275 g/mol. The Morgan fingerprint density at radius 1 is 1.20 bits per heavy atom. The highest BCUT2D eigenvalue weighted by Gasteiger charge is 2.03. The van der Waals surface area contributed by atoms with Crippen LogP contribution in [-0.4, -0.2) is 11.5 Å². The van der Waals surface area contributed by atoms with Gasteiger partial charge in [0.2, 0.25) is 0 Å². The molecule has 0 spiro atoms. The Labute approximate surface area is 119 Å². The molecule has 1 aromatic rings. The Morgan fingerprint density at radius 3 is 2.40 bits per heavy atom. The number of nitrogens with zero attached hydrogens (tertiary/aromatic N) is 1. The van der Waals surface area contributed by atoms with Gasteiger partial charge in [0, 0.05) is 12.1 Å². The monoisotopic (exact) mass is 275 g/mol. The van der Waals surface area contributed by atoms with Gasteiger partial charge in [0.25, 0.3) is 5.69 Å². The van der Waals surface area contributed by atoms with E-state index in [4.69, 9.17) is 4.74 Å². The first-order valence-electron chi connectivity index (χ1n) is 6.65. The van der Waals surface area contributed by atoms with Crippen molar-refractivity contribution in [1.82, 2.24) is 0 Å². The van der Waals surface area contributed by atoms with E-state index in [1.165, 1.54) is 23.3 Å². The van der Waals surface area contributed by atoms with Crippen molar-refractivity contribution in [3.63, 3.8) is 0 Å². The number of rotatable bonds is 7. The second kappa shape index (κ2) is 8.15. The maximum Gasteiger partial charge on any atom is 0.269 e. The smallest absolute Gasteiger partial charge is 0.269 e. The second-order valence-corrected chi connectivity index (χ2v) is 4.93. The highest BCUT2D eigenvalue weighted by molar-refractivity contribution is 5.36. The van der Waals surface area contributed by atoms with Gasteiger partial charge < -0.3 is 4.74 Å². The van der Waals surface area contributed by atoms with Crippen LogP contribution in [0.3, 0.4) is 0 Å². The Kier molecular flexibility index (Phi) is 6.50. The van der Waals surface area contributed by atoms with Crippen LogP contribution < -0.4 is 4.74 Å². The van der Waals surface area contributed by atoms with Crippen molar-refractivity contribution in [3.05, 3.63) is 57.7 Å². The molecular formula is C16H21NO3. The number of allylic oxidation sites excluding steroid dienone is 3. The molecule has 4 heteroatoms. The summed E-state index contributed by atoms with van der Waals surface area (Å²) in [4.78, 5) is 10.1. The summed E-state index contributed by atoms with van der Waals surface area (Å²) < 4.78 is 5.52. The van der Waals surface area contributed by atoms with Crippen LogP contribution in [0.2, 0.25) is 0 Å². The van der Waals surface area contributed by atoms with E-state index in [0.717, 1.165) is 12.8 Å². The maximum atomic E-state index is 10.5. The molecule has 0 radical (unpaired) electrons. The molecule has 0 fully saturated rings. The summed E-state index contributed by atoms with van der Waals surface area (Å²) in [6.07, 6.45) is 6.33. The number of hydrogen-bond acceptors (Lipinski definition) is 3. The summed E-state index contributed by atoms with van der Waals surface area (Å²) in [5.41, 5.74) is 2.69. The van der Waals surface area contributed by atoms with Gasteiger partial charge in [-0.05, 0) is 51.8 Å². The molecule has 0 aliphatic carbocycles. The highest BCUT2D eigenvalue weighted by Crippen LogP contribution is 2.17. The van der Waals surface area contributed by atoms with Gasteiger partial charge >= 0.3 is 0 Å². The van der Waals surface area contributed by atoms with E-state index in [-0.39, 0.29) is 5.69 Å². The third-order valence-electron chi connectivity index (χ3n) is 2.82. The van der Waals surface area contributed by atoms with Gasteiger partial charge in [-0.15, -0.1) is 0 Å². The van der Waals surface area contributed by atoms with E-state index in [1.54, 1.807) is 12.1 Å². The van der Waals surface area contributed by atoms with Crippen molar-refractivity contribution >= 4 is 5.69 Å². The van der Waals surface area contributed by atoms with Crippen LogP contribution >= 0.6 is 0 Å². The summed E-state index contributed by atoms with van der Waals surface area (Å²) in [7, 11) is 0. The molecule has 0 saturated carbocycles. The van der Waals surface area contributed by atoms with E-state index < -0.39 is 4.92 Å². The lowest BCUT2D eigenvalue weighted by atomic mass is 10.1. The van der Waals surface area contributed by atoms with Gasteiger partial charge in [-0.3, -0.25) is 10.1 Å². The van der Waals surface area contributed by atoms with Crippen molar-refractivity contribution in [2.75, 3.05) is 6.61 Å². The maximum absolute atomic E-state index is 10.5. The molecule has 0 amide bonds. The molecule has 0 N–H and O–H groups in total. The molecule has 0 heterocycles.